The largest absolute Gasteiger partial charge is 0.389 e. The Labute approximate surface area is 62.6 Å². The highest BCUT2D eigenvalue weighted by Gasteiger charge is 2.31. The van der Waals surface area contributed by atoms with E-state index < -0.39 is 5.60 Å². The molecule has 1 heterocycles. The minimum Gasteiger partial charge on any atom is -0.389 e. The Morgan fingerprint density at radius 3 is 2.20 bits per heavy atom. The Balaban J connectivity index is 2.45. The molecule has 0 saturated carbocycles. The molecular weight excluding hydrogens is 126 g/mol. The predicted octanol–water partition coefficient (Wildman–Crippen LogP) is 0.898. The normalized spacial score (nSPS) is 34.8. The van der Waals surface area contributed by atoms with Crippen molar-refractivity contribution in [2.24, 2.45) is 0 Å². The van der Waals surface area contributed by atoms with Crippen molar-refractivity contribution in [1.82, 2.24) is 5.32 Å². The quantitative estimate of drug-likeness (QED) is 0.571. The van der Waals surface area contributed by atoms with Gasteiger partial charge in [0.2, 0.25) is 0 Å². The van der Waals surface area contributed by atoms with Crippen LogP contribution in [0.5, 0.6) is 0 Å². The summed E-state index contributed by atoms with van der Waals surface area (Å²) in [6, 6.07) is 0.874. The summed E-state index contributed by atoms with van der Waals surface area (Å²) in [6.45, 7) is 5.89. The molecule has 1 aliphatic heterocycles. The molecule has 60 valence electrons. The molecule has 2 atom stereocenters. The highest BCUT2D eigenvalue weighted by Crippen LogP contribution is 2.21. The van der Waals surface area contributed by atoms with Gasteiger partial charge in [0.15, 0.2) is 0 Å². The van der Waals surface area contributed by atoms with Gasteiger partial charge in [-0.05, 0) is 33.6 Å². The third-order valence-corrected chi connectivity index (χ3v) is 2.23. The first kappa shape index (κ1) is 8.02. The van der Waals surface area contributed by atoms with E-state index in [1.165, 1.54) is 6.42 Å². The summed E-state index contributed by atoms with van der Waals surface area (Å²) in [5.41, 5.74) is -0.551. The lowest BCUT2D eigenvalue weighted by atomic mass is 9.98. The molecule has 0 bridgehead atoms. The van der Waals surface area contributed by atoms with Gasteiger partial charge in [0.05, 0.1) is 5.60 Å². The zero-order chi connectivity index (χ0) is 7.78. The van der Waals surface area contributed by atoms with Crippen LogP contribution in [-0.2, 0) is 0 Å². The summed E-state index contributed by atoms with van der Waals surface area (Å²) in [4.78, 5) is 0. The van der Waals surface area contributed by atoms with Gasteiger partial charge in [-0.25, -0.2) is 0 Å². The molecular formula is C8H17NO. The maximum absolute atomic E-state index is 9.57. The van der Waals surface area contributed by atoms with Crippen LogP contribution in [0.2, 0.25) is 0 Å². The lowest BCUT2D eigenvalue weighted by molar-refractivity contribution is 0.0435. The molecule has 2 heteroatoms. The standard InChI is InChI=1S/C8H17NO/c1-6-4-5-7(9-6)8(2,3)10/h6-7,9-10H,4-5H2,1-3H3. The lowest BCUT2D eigenvalue weighted by Gasteiger charge is -2.25. The van der Waals surface area contributed by atoms with Crippen molar-refractivity contribution in [3.05, 3.63) is 0 Å². The second-order valence-electron chi connectivity index (χ2n) is 3.85. The zero-order valence-electron chi connectivity index (χ0n) is 7.02. The maximum Gasteiger partial charge on any atom is 0.0744 e. The van der Waals surface area contributed by atoms with Gasteiger partial charge >= 0.3 is 0 Å². The summed E-state index contributed by atoms with van der Waals surface area (Å²) in [6.07, 6.45) is 2.29. The monoisotopic (exact) mass is 143 g/mol. The van der Waals surface area contributed by atoms with Crippen LogP contribution in [0.15, 0.2) is 0 Å². The van der Waals surface area contributed by atoms with Crippen LogP contribution in [0.3, 0.4) is 0 Å². The van der Waals surface area contributed by atoms with Gasteiger partial charge in [-0.2, -0.15) is 0 Å². The predicted molar refractivity (Wildman–Crippen MR) is 41.9 cm³/mol. The Bertz CT molecular complexity index is 117. The molecule has 1 rings (SSSR count). The lowest BCUT2D eigenvalue weighted by Crippen LogP contribution is -2.44. The molecule has 0 radical (unpaired) electrons. The number of hydrogen-bond acceptors (Lipinski definition) is 2. The van der Waals surface area contributed by atoms with Crippen molar-refractivity contribution in [2.45, 2.75) is 51.3 Å². The van der Waals surface area contributed by atoms with Gasteiger partial charge in [0, 0.05) is 12.1 Å². The van der Waals surface area contributed by atoms with Crippen LogP contribution in [0.25, 0.3) is 0 Å². The van der Waals surface area contributed by atoms with Gasteiger partial charge in [-0.3, -0.25) is 0 Å². The first-order valence-corrected chi connectivity index (χ1v) is 3.98. The molecule has 1 fully saturated rings. The molecule has 1 aliphatic rings. The third-order valence-electron chi connectivity index (χ3n) is 2.23. The average molecular weight is 143 g/mol. The second-order valence-corrected chi connectivity index (χ2v) is 3.85. The van der Waals surface area contributed by atoms with Crippen molar-refractivity contribution < 1.29 is 5.11 Å². The Morgan fingerprint density at radius 1 is 1.40 bits per heavy atom. The van der Waals surface area contributed by atoms with E-state index in [0.717, 1.165) is 6.42 Å². The number of aliphatic hydroxyl groups is 1. The van der Waals surface area contributed by atoms with Crippen molar-refractivity contribution in [2.75, 3.05) is 0 Å². The molecule has 0 aliphatic carbocycles. The number of hydrogen-bond donors (Lipinski definition) is 2. The molecule has 0 aromatic rings. The molecule has 0 spiro atoms. The van der Waals surface area contributed by atoms with Crippen molar-refractivity contribution in [1.29, 1.82) is 0 Å². The van der Waals surface area contributed by atoms with Gasteiger partial charge in [0.1, 0.15) is 0 Å². The molecule has 0 amide bonds. The summed E-state index contributed by atoms with van der Waals surface area (Å²) in [5.74, 6) is 0. The second kappa shape index (κ2) is 2.51. The van der Waals surface area contributed by atoms with Crippen LogP contribution < -0.4 is 5.32 Å². The van der Waals surface area contributed by atoms with Crippen molar-refractivity contribution in [3.8, 4) is 0 Å². The van der Waals surface area contributed by atoms with Crippen LogP contribution in [0.1, 0.15) is 33.6 Å². The Kier molecular flexibility index (Phi) is 2.02. The smallest absolute Gasteiger partial charge is 0.0744 e. The van der Waals surface area contributed by atoms with Gasteiger partial charge in [-0.15, -0.1) is 0 Å². The van der Waals surface area contributed by atoms with Crippen LogP contribution >= 0.6 is 0 Å². The molecule has 1 saturated heterocycles. The topological polar surface area (TPSA) is 32.3 Å². The number of nitrogens with one attached hydrogen (secondary N) is 1. The van der Waals surface area contributed by atoms with E-state index in [1.54, 1.807) is 0 Å². The average Bonchev–Trinajstić information content (AvgIpc) is 2.11. The van der Waals surface area contributed by atoms with E-state index in [-0.39, 0.29) is 0 Å². The Morgan fingerprint density at radius 2 is 2.00 bits per heavy atom. The molecule has 0 aromatic heterocycles. The van der Waals surface area contributed by atoms with Crippen molar-refractivity contribution in [3.63, 3.8) is 0 Å². The maximum atomic E-state index is 9.57. The van der Waals surface area contributed by atoms with Crippen LogP contribution in [-0.4, -0.2) is 22.8 Å². The zero-order valence-corrected chi connectivity index (χ0v) is 7.02. The molecule has 10 heavy (non-hydrogen) atoms. The highest BCUT2D eigenvalue weighted by molar-refractivity contribution is 4.91. The van der Waals surface area contributed by atoms with E-state index in [4.69, 9.17) is 0 Å². The molecule has 0 aromatic carbocycles. The van der Waals surface area contributed by atoms with E-state index in [1.807, 2.05) is 13.8 Å². The molecule has 2 nitrogen and oxygen atoms in total. The van der Waals surface area contributed by atoms with Crippen LogP contribution in [0, 0.1) is 0 Å². The summed E-state index contributed by atoms with van der Waals surface area (Å²) in [7, 11) is 0. The first-order chi connectivity index (χ1) is 4.50. The SMILES string of the molecule is CC1CCC(C(C)(C)O)N1. The third kappa shape index (κ3) is 1.70. The Hall–Kier alpha value is -0.0800. The van der Waals surface area contributed by atoms with Gasteiger partial charge in [0.25, 0.3) is 0 Å². The minimum absolute atomic E-state index is 0.294. The van der Waals surface area contributed by atoms with E-state index >= 15 is 0 Å². The van der Waals surface area contributed by atoms with E-state index in [2.05, 4.69) is 12.2 Å². The molecule has 2 unspecified atom stereocenters. The van der Waals surface area contributed by atoms with E-state index in [0.29, 0.717) is 12.1 Å². The summed E-state index contributed by atoms with van der Waals surface area (Å²) < 4.78 is 0. The fraction of sp³-hybridized carbons (Fsp3) is 1.00. The number of rotatable bonds is 1. The fourth-order valence-electron chi connectivity index (χ4n) is 1.48. The summed E-state index contributed by atoms with van der Waals surface area (Å²) >= 11 is 0. The summed E-state index contributed by atoms with van der Waals surface area (Å²) in [5, 5.41) is 12.9. The van der Waals surface area contributed by atoms with Gasteiger partial charge < -0.3 is 10.4 Å². The highest BCUT2D eigenvalue weighted by atomic mass is 16.3. The molecule has 2 N–H and O–H groups in total. The van der Waals surface area contributed by atoms with Crippen LogP contribution in [0.4, 0.5) is 0 Å². The van der Waals surface area contributed by atoms with Crippen molar-refractivity contribution >= 4 is 0 Å². The van der Waals surface area contributed by atoms with Gasteiger partial charge in [-0.1, -0.05) is 0 Å². The van der Waals surface area contributed by atoms with E-state index in [9.17, 15) is 5.11 Å². The first-order valence-electron chi connectivity index (χ1n) is 3.98. The minimum atomic E-state index is -0.551. The fourth-order valence-corrected chi connectivity index (χ4v) is 1.48.